The van der Waals surface area contributed by atoms with Crippen molar-refractivity contribution in [2.45, 2.75) is 39.2 Å². The highest BCUT2D eigenvalue weighted by atomic mass is 16.2. The number of aromatic nitrogens is 2. The summed E-state index contributed by atoms with van der Waals surface area (Å²) in [5.74, 6) is 0.0194. The Hall–Kier alpha value is -2.30. The summed E-state index contributed by atoms with van der Waals surface area (Å²) in [6.07, 6.45) is 5.50. The lowest BCUT2D eigenvalue weighted by Crippen LogP contribution is -2.34. The Morgan fingerprint density at radius 2 is 2.13 bits per heavy atom. The molecule has 0 atom stereocenters. The monoisotopic (exact) mass is 312 g/mol. The second-order valence-corrected chi connectivity index (χ2v) is 7.13. The highest BCUT2D eigenvalue weighted by Gasteiger charge is 2.33. The molecule has 0 saturated carbocycles. The second kappa shape index (κ2) is 5.41. The number of hydrogen-bond donors (Lipinski definition) is 2. The third-order valence-electron chi connectivity index (χ3n) is 4.66. The minimum atomic E-state index is -0.106. The molecule has 0 aliphatic carbocycles. The van der Waals surface area contributed by atoms with Crippen LogP contribution in [0.15, 0.2) is 24.7 Å². The van der Waals surface area contributed by atoms with E-state index in [-0.39, 0.29) is 17.4 Å². The summed E-state index contributed by atoms with van der Waals surface area (Å²) >= 11 is 0. The van der Waals surface area contributed by atoms with E-state index in [2.05, 4.69) is 29.1 Å². The van der Waals surface area contributed by atoms with Crippen molar-refractivity contribution in [3.63, 3.8) is 0 Å². The molecule has 2 aromatic rings. The van der Waals surface area contributed by atoms with Gasteiger partial charge in [0.05, 0.1) is 11.3 Å². The Bertz CT molecular complexity index is 785. The maximum atomic E-state index is 12.9. The highest BCUT2D eigenvalue weighted by Crippen LogP contribution is 2.38. The zero-order valence-electron chi connectivity index (χ0n) is 14.4. The van der Waals surface area contributed by atoms with Crippen LogP contribution >= 0.6 is 0 Å². The van der Waals surface area contributed by atoms with Gasteiger partial charge in [0.1, 0.15) is 0 Å². The molecule has 0 spiro atoms. The van der Waals surface area contributed by atoms with E-state index < -0.39 is 0 Å². The number of carbonyl (C=O) groups excluding carboxylic acids is 1. The maximum Gasteiger partial charge on any atom is 0.257 e. The fraction of sp³-hybridized carbons (Fsp3) is 0.444. The fourth-order valence-corrected chi connectivity index (χ4v) is 3.10. The number of aromatic amines is 1. The first kappa shape index (κ1) is 15.6. The van der Waals surface area contributed by atoms with Gasteiger partial charge in [-0.3, -0.25) is 9.78 Å². The molecule has 1 aliphatic rings. The van der Waals surface area contributed by atoms with Gasteiger partial charge >= 0.3 is 0 Å². The van der Waals surface area contributed by atoms with E-state index in [1.807, 2.05) is 39.4 Å². The standard InChI is InChI=1S/C18H24N4O/c1-11(2)22(5)17(23)13-9-20-10-18(3,4)15-12-8-19-7-6-14(12)21-16(13)15/h6-9,11,20-21H,10H2,1-5H3. The molecule has 2 N–H and O–H groups in total. The van der Waals surface area contributed by atoms with Crippen molar-refractivity contribution < 1.29 is 4.79 Å². The lowest BCUT2D eigenvalue weighted by Gasteiger charge is -2.25. The summed E-state index contributed by atoms with van der Waals surface area (Å²) < 4.78 is 0. The van der Waals surface area contributed by atoms with Crippen LogP contribution in [0.1, 0.15) is 39.0 Å². The number of rotatable bonds is 2. The molecule has 23 heavy (non-hydrogen) atoms. The largest absolute Gasteiger partial charge is 0.389 e. The van der Waals surface area contributed by atoms with Crippen LogP contribution in [0.25, 0.3) is 16.5 Å². The number of nitrogens with zero attached hydrogens (tertiary/aromatic N) is 2. The number of amides is 1. The Balaban J connectivity index is 2.22. The zero-order valence-corrected chi connectivity index (χ0v) is 14.4. The van der Waals surface area contributed by atoms with Crippen LogP contribution in [0.2, 0.25) is 0 Å². The van der Waals surface area contributed by atoms with Crippen LogP contribution < -0.4 is 5.32 Å². The average Bonchev–Trinajstić information content (AvgIpc) is 2.84. The van der Waals surface area contributed by atoms with Crippen molar-refractivity contribution in [1.29, 1.82) is 0 Å². The van der Waals surface area contributed by atoms with E-state index in [0.717, 1.165) is 28.7 Å². The van der Waals surface area contributed by atoms with E-state index >= 15 is 0 Å². The van der Waals surface area contributed by atoms with E-state index in [0.29, 0.717) is 5.57 Å². The third kappa shape index (κ3) is 2.50. The van der Waals surface area contributed by atoms with Gasteiger partial charge in [-0.05, 0) is 25.5 Å². The lowest BCUT2D eigenvalue weighted by atomic mass is 9.82. The topological polar surface area (TPSA) is 61.0 Å². The minimum Gasteiger partial charge on any atom is -0.389 e. The molecule has 3 rings (SSSR count). The van der Waals surface area contributed by atoms with E-state index in [9.17, 15) is 4.79 Å². The van der Waals surface area contributed by atoms with Crippen LogP contribution in [-0.4, -0.2) is 40.4 Å². The average molecular weight is 312 g/mol. The third-order valence-corrected chi connectivity index (χ3v) is 4.66. The van der Waals surface area contributed by atoms with Gasteiger partial charge in [0.15, 0.2) is 0 Å². The van der Waals surface area contributed by atoms with Crippen LogP contribution in [0.4, 0.5) is 0 Å². The number of carbonyl (C=O) groups is 1. The summed E-state index contributed by atoms with van der Waals surface area (Å²) in [7, 11) is 1.84. The summed E-state index contributed by atoms with van der Waals surface area (Å²) in [6, 6.07) is 2.11. The maximum absolute atomic E-state index is 12.9. The van der Waals surface area contributed by atoms with E-state index in [1.165, 1.54) is 0 Å². The van der Waals surface area contributed by atoms with Gasteiger partial charge < -0.3 is 15.2 Å². The van der Waals surface area contributed by atoms with Gasteiger partial charge in [-0.2, -0.15) is 0 Å². The molecule has 0 saturated heterocycles. The molecule has 122 valence electrons. The minimum absolute atomic E-state index is 0.0194. The van der Waals surface area contributed by atoms with E-state index in [4.69, 9.17) is 0 Å². The number of fused-ring (bicyclic) bond motifs is 3. The van der Waals surface area contributed by atoms with Crippen LogP contribution in [0, 0.1) is 0 Å². The quantitative estimate of drug-likeness (QED) is 0.896. The summed E-state index contributed by atoms with van der Waals surface area (Å²) in [4.78, 5) is 22.4. The number of nitrogens with one attached hydrogen (secondary N) is 2. The molecular formula is C18H24N4O. The molecule has 0 unspecified atom stereocenters. The van der Waals surface area contributed by atoms with Gasteiger partial charge in [-0.25, -0.2) is 0 Å². The Kier molecular flexibility index (Phi) is 3.66. The predicted octanol–water partition coefficient (Wildman–Crippen LogP) is 2.65. The molecule has 5 heteroatoms. The molecule has 5 nitrogen and oxygen atoms in total. The Labute approximate surface area is 136 Å². The smallest absolute Gasteiger partial charge is 0.257 e. The lowest BCUT2D eigenvalue weighted by molar-refractivity contribution is -0.125. The van der Waals surface area contributed by atoms with Crippen LogP contribution in [-0.2, 0) is 10.2 Å². The van der Waals surface area contributed by atoms with Gasteiger partial charge in [-0.1, -0.05) is 13.8 Å². The molecule has 0 radical (unpaired) electrons. The number of H-pyrrole nitrogens is 1. The van der Waals surface area contributed by atoms with Crippen molar-refractivity contribution in [2.24, 2.45) is 0 Å². The predicted molar refractivity (Wildman–Crippen MR) is 93.0 cm³/mol. The summed E-state index contributed by atoms with van der Waals surface area (Å²) in [6.45, 7) is 9.17. The molecule has 1 amide bonds. The van der Waals surface area contributed by atoms with Crippen molar-refractivity contribution in [1.82, 2.24) is 20.2 Å². The zero-order chi connectivity index (χ0) is 16.8. The summed E-state index contributed by atoms with van der Waals surface area (Å²) in [5, 5.41) is 4.40. The first-order valence-corrected chi connectivity index (χ1v) is 8.00. The first-order valence-electron chi connectivity index (χ1n) is 8.00. The number of hydrogen-bond acceptors (Lipinski definition) is 3. The van der Waals surface area contributed by atoms with Gasteiger partial charge in [0.2, 0.25) is 0 Å². The van der Waals surface area contributed by atoms with Crippen LogP contribution in [0.5, 0.6) is 0 Å². The van der Waals surface area contributed by atoms with Crippen molar-refractivity contribution in [3.8, 4) is 0 Å². The second-order valence-electron chi connectivity index (χ2n) is 7.13. The molecule has 0 aromatic carbocycles. The normalized spacial score (nSPS) is 16.5. The molecule has 0 bridgehead atoms. The Morgan fingerprint density at radius 3 is 2.83 bits per heavy atom. The van der Waals surface area contributed by atoms with Gasteiger partial charge in [0, 0.05) is 54.5 Å². The molecular weight excluding hydrogens is 288 g/mol. The fourth-order valence-electron chi connectivity index (χ4n) is 3.10. The van der Waals surface area contributed by atoms with Gasteiger partial charge in [-0.15, -0.1) is 0 Å². The van der Waals surface area contributed by atoms with Crippen molar-refractivity contribution in [2.75, 3.05) is 13.6 Å². The van der Waals surface area contributed by atoms with Gasteiger partial charge in [0.25, 0.3) is 5.91 Å². The molecule has 1 aliphatic heterocycles. The van der Waals surface area contributed by atoms with Crippen molar-refractivity contribution >= 4 is 22.4 Å². The van der Waals surface area contributed by atoms with Crippen molar-refractivity contribution in [3.05, 3.63) is 35.9 Å². The SMILES string of the molecule is CC(C)N(C)C(=O)C1=CNCC(C)(C)c2c1[nH]c1ccncc21. The molecule has 3 heterocycles. The highest BCUT2D eigenvalue weighted by molar-refractivity contribution is 6.20. The Morgan fingerprint density at radius 1 is 1.39 bits per heavy atom. The van der Waals surface area contributed by atoms with E-state index in [1.54, 1.807) is 11.1 Å². The van der Waals surface area contributed by atoms with Crippen LogP contribution in [0.3, 0.4) is 0 Å². The number of likely N-dealkylation sites (N-methyl/N-ethyl adjacent to an activating group) is 1. The number of pyridine rings is 1. The first-order chi connectivity index (χ1) is 10.8. The molecule has 2 aromatic heterocycles. The molecule has 0 fully saturated rings. The summed E-state index contributed by atoms with van der Waals surface area (Å²) in [5.41, 5.74) is 3.65.